The number of para-hydroxylation sites is 1. The topological polar surface area (TPSA) is 35.5 Å². The number of carbonyl (C=O) groups excluding carboxylic acids is 1. The van der Waals surface area contributed by atoms with E-state index in [4.69, 9.17) is 9.47 Å². The third-order valence-corrected chi connectivity index (χ3v) is 3.61. The molecule has 1 aromatic heterocycles. The molecule has 0 aliphatic carbocycles. The molecule has 0 saturated carbocycles. The largest absolute Gasteiger partial charge is 0.493 e. The van der Waals surface area contributed by atoms with Crippen LogP contribution in [0.3, 0.4) is 0 Å². The van der Waals surface area contributed by atoms with Gasteiger partial charge in [-0.15, -0.1) is 11.3 Å². The minimum Gasteiger partial charge on any atom is -0.493 e. The van der Waals surface area contributed by atoms with Crippen LogP contribution in [-0.4, -0.2) is 20.0 Å². The van der Waals surface area contributed by atoms with Gasteiger partial charge in [-0.05, 0) is 31.2 Å². The fourth-order valence-corrected chi connectivity index (χ4v) is 2.58. The van der Waals surface area contributed by atoms with Gasteiger partial charge in [-0.1, -0.05) is 6.07 Å². The van der Waals surface area contributed by atoms with E-state index in [1.807, 2.05) is 19.1 Å². The van der Waals surface area contributed by atoms with Crippen molar-refractivity contribution in [2.24, 2.45) is 0 Å². The molecule has 2 rings (SSSR count). The van der Waals surface area contributed by atoms with Crippen molar-refractivity contribution in [3.8, 4) is 11.5 Å². The Hall–Kier alpha value is -1.81. The molecule has 0 unspecified atom stereocenters. The Labute approximate surface area is 110 Å². The van der Waals surface area contributed by atoms with Gasteiger partial charge in [0.05, 0.1) is 24.7 Å². The van der Waals surface area contributed by atoms with Crippen molar-refractivity contribution < 1.29 is 14.3 Å². The van der Waals surface area contributed by atoms with Crippen molar-refractivity contribution in [1.82, 2.24) is 0 Å². The van der Waals surface area contributed by atoms with Gasteiger partial charge >= 0.3 is 0 Å². The third kappa shape index (κ3) is 2.24. The molecule has 0 bridgehead atoms. The van der Waals surface area contributed by atoms with Crippen molar-refractivity contribution in [1.29, 1.82) is 0 Å². The van der Waals surface area contributed by atoms with E-state index in [0.717, 1.165) is 4.88 Å². The molecule has 94 valence electrons. The number of hydrogen-bond donors (Lipinski definition) is 0. The molecule has 0 aliphatic rings. The Morgan fingerprint density at radius 2 is 1.89 bits per heavy atom. The highest BCUT2D eigenvalue weighted by Crippen LogP contribution is 2.33. The zero-order valence-corrected chi connectivity index (χ0v) is 11.3. The Balaban J connectivity index is 2.47. The summed E-state index contributed by atoms with van der Waals surface area (Å²) in [4.78, 5) is 14.2. The second kappa shape index (κ2) is 5.23. The highest BCUT2D eigenvalue weighted by Gasteiger charge is 2.18. The Morgan fingerprint density at radius 3 is 2.44 bits per heavy atom. The summed E-state index contributed by atoms with van der Waals surface area (Å²) in [5.41, 5.74) is 0.527. The number of carbonyl (C=O) groups is 1. The monoisotopic (exact) mass is 262 g/mol. The standard InChI is InChI=1S/C14H14O3S/c1-9-7-8-12(18-9)13(15)10-5-4-6-11(16-2)14(10)17-3/h4-8H,1-3H3. The molecule has 0 saturated heterocycles. The minimum atomic E-state index is -0.0381. The van der Waals surface area contributed by atoms with E-state index in [9.17, 15) is 4.79 Å². The van der Waals surface area contributed by atoms with Crippen molar-refractivity contribution in [2.75, 3.05) is 14.2 Å². The summed E-state index contributed by atoms with van der Waals surface area (Å²) in [5, 5.41) is 0. The zero-order chi connectivity index (χ0) is 13.1. The molecule has 2 aromatic rings. The highest BCUT2D eigenvalue weighted by molar-refractivity contribution is 7.14. The predicted molar refractivity (Wildman–Crippen MR) is 72.0 cm³/mol. The average molecular weight is 262 g/mol. The van der Waals surface area contributed by atoms with E-state index in [-0.39, 0.29) is 5.78 Å². The maximum atomic E-state index is 12.4. The first kappa shape index (κ1) is 12.6. The van der Waals surface area contributed by atoms with Gasteiger partial charge in [-0.2, -0.15) is 0 Å². The summed E-state index contributed by atoms with van der Waals surface area (Å²) in [6.45, 7) is 1.98. The number of aryl methyl sites for hydroxylation is 1. The van der Waals surface area contributed by atoms with Gasteiger partial charge < -0.3 is 9.47 Å². The fourth-order valence-electron chi connectivity index (χ4n) is 1.76. The molecule has 0 aliphatic heterocycles. The molecule has 1 heterocycles. The maximum absolute atomic E-state index is 12.4. The van der Waals surface area contributed by atoms with Crippen molar-refractivity contribution in [3.05, 3.63) is 45.6 Å². The number of ether oxygens (including phenoxy) is 2. The van der Waals surface area contributed by atoms with Gasteiger partial charge in [0.25, 0.3) is 0 Å². The molecule has 0 N–H and O–H groups in total. The number of methoxy groups -OCH3 is 2. The molecule has 18 heavy (non-hydrogen) atoms. The SMILES string of the molecule is COc1cccc(C(=O)c2ccc(C)s2)c1OC. The summed E-state index contributed by atoms with van der Waals surface area (Å²) in [7, 11) is 3.09. The number of rotatable bonds is 4. The molecule has 3 nitrogen and oxygen atoms in total. The van der Waals surface area contributed by atoms with Crippen LogP contribution < -0.4 is 9.47 Å². The van der Waals surface area contributed by atoms with E-state index >= 15 is 0 Å². The highest BCUT2D eigenvalue weighted by atomic mass is 32.1. The van der Waals surface area contributed by atoms with Crippen molar-refractivity contribution in [2.45, 2.75) is 6.92 Å². The first-order valence-corrected chi connectivity index (χ1v) is 6.31. The Kier molecular flexibility index (Phi) is 3.67. The van der Waals surface area contributed by atoms with Crippen LogP contribution in [0.1, 0.15) is 20.1 Å². The minimum absolute atomic E-state index is 0.0381. The van der Waals surface area contributed by atoms with Gasteiger partial charge in [-0.3, -0.25) is 4.79 Å². The van der Waals surface area contributed by atoms with E-state index in [1.165, 1.54) is 18.4 Å². The average Bonchev–Trinajstić information content (AvgIpc) is 2.83. The van der Waals surface area contributed by atoms with Crippen LogP contribution >= 0.6 is 11.3 Å². The summed E-state index contributed by atoms with van der Waals surface area (Å²) in [6.07, 6.45) is 0. The van der Waals surface area contributed by atoms with Gasteiger partial charge in [0.1, 0.15) is 0 Å². The van der Waals surface area contributed by atoms with E-state index in [2.05, 4.69) is 0 Å². The van der Waals surface area contributed by atoms with Crippen LogP contribution in [0.2, 0.25) is 0 Å². The number of hydrogen-bond acceptors (Lipinski definition) is 4. The van der Waals surface area contributed by atoms with Crippen molar-refractivity contribution >= 4 is 17.1 Å². The van der Waals surface area contributed by atoms with Gasteiger partial charge in [0, 0.05) is 4.88 Å². The molecule has 0 amide bonds. The molecular formula is C14H14O3S. The lowest BCUT2D eigenvalue weighted by Gasteiger charge is -2.10. The van der Waals surface area contributed by atoms with Crippen molar-refractivity contribution in [3.63, 3.8) is 0 Å². The number of ketones is 1. The number of thiophene rings is 1. The Morgan fingerprint density at radius 1 is 1.11 bits per heavy atom. The molecule has 4 heteroatoms. The second-order valence-electron chi connectivity index (χ2n) is 3.78. The van der Waals surface area contributed by atoms with Crippen LogP contribution in [0.25, 0.3) is 0 Å². The molecule has 0 radical (unpaired) electrons. The summed E-state index contributed by atoms with van der Waals surface area (Å²) < 4.78 is 10.5. The number of benzene rings is 1. The molecular weight excluding hydrogens is 248 g/mol. The predicted octanol–water partition coefficient (Wildman–Crippen LogP) is 3.30. The third-order valence-electron chi connectivity index (χ3n) is 2.61. The van der Waals surface area contributed by atoms with Crippen LogP contribution in [0.15, 0.2) is 30.3 Å². The van der Waals surface area contributed by atoms with Crippen LogP contribution in [0.4, 0.5) is 0 Å². The first-order valence-electron chi connectivity index (χ1n) is 5.49. The fraction of sp³-hybridized carbons (Fsp3) is 0.214. The molecule has 0 fully saturated rings. The summed E-state index contributed by atoms with van der Waals surface area (Å²) in [5.74, 6) is 1.01. The zero-order valence-electron chi connectivity index (χ0n) is 10.5. The van der Waals surface area contributed by atoms with E-state index in [0.29, 0.717) is 21.9 Å². The van der Waals surface area contributed by atoms with Crippen LogP contribution in [-0.2, 0) is 0 Å². The lowest BCUT2D eigenvalue weighted by Crippen LogP contribution is -2.03. The maximum Gasteiger partial charge on any atom is 0.206 e. The Bertz CT molecular complexity index is 572. The summed E-state index contributed by atoms with van der Waals surface area (Å²) >= 11 is 1.48. The summed E-state index contributed by atoms with van der Waals surface area (Å²) in [6, 6.07) is 9.08. The van der Waals surface area contributed by atoms with Gasteiger partial charge in [-0.25, -0.2) is 0 Å². The second-order valence-corrected chi connectivity index (χ2v) is 5.07. The quantitative estimate of drug-likeness (QED) is 0.793. The van der Waals surface area contributed by atoms with Gasteiger partial charge in [0.15, 0.2) is 11.5 Å². The molecule has 0 spiro atoms. The van der Waals surface area contributed by atoms with Crippen LogP contribution in [0, 0.1) is 6.92 Å². The lowest BCUT2D eigenvalue weighted by atomic mass is 10.1. The normalized spacial score (nSPS) is 10.2. The lowest BCUT2D eigenvalue weighted by molar-refractivity contribution is 0.103. The van der Waals surface area contributed by atoms with E-state index in [1.54, 1.807) is 25.3 Å². The smallest absolute Gasteiger partial charge is 0.206 e. The molecule has 0 atom stereocenters. The van der Waals surface area contributed by atoms with E-state index < -0.39 is 0 Å². The van der Waals surface area contributed by atoms with Gasteiger partial charge in [0.2, 0.25) is 5.78 Å². The molecule has 1 aromatic carbocycles. The first-order chi connectivity index (χ1) is 8.67. The van der Waals surface area contributed by atoms with Crippen LogP contribution in [0.5, 0.6) is 11.5 Å².